The van der Waals surface area contributed by atoms with Crippen LogP contribution in [0.25, 0.3) is 0 Å². The van der Waals surface area contributed by atoms with E-state index in [-0.39, 0.29) is 55.7 Å². The van der Waals surface area contributed by atoms with Crippen LogP contribution >= 0.6 is 0 Å². The fourth-order valence-corrected chi connectivity index (χ4v) is 5.05. The zero-order valence-electron chi connectivity index (χ0n) is 24.4. The van der Waals surface area contributed by atoms with Crippen molar-refractivity contribution in [2.75, 3.05) is 44.2 Å². The second-order valence-electron chi connectivity index (χ2n) is 10.9. The van der Waals surface area contributed by atoms with E-state index in [1.54, 1.807) is 55.3 Å². The van der Waals surface area contributed by atoms with E-state index in [4.69, 9.17) is 14.2 Å². The van der Waals surface area contributed by atoms with Gasteiger partial charge in [-0.3, -0.25) is 9.59 Å². The van der Waals surface area contributed by atoms with Crippen molar-refractivity contribution < 1.29 is 33.7 Å². The summed E-state index contributed by atoms with van der Waals surface area (Å²) in [6.45, 7) is 4.17. The van der Waals surface area contributed by atoms with E-state index in [2.05, 4.69) is 10.6 Å². The molecule has 5 rings (SSSR count). The number of amides is 4. The molecular weight excluding hydrogens is 552 g/mol. The first-order valence-electron chi connectivity index (χ1n) is 14.2. The van der Waals surface area contributed by atoms with Crippen LogP contribution in [0.3, 0.4) is 0 Å². The molecule has 0 aliphatic carbocycles. The van der Waals surface area contributed by atoms with Gasteiger partial charge in [-0.2, -0.15) is 0 Å². The lowest BCUT2D eigenvalue weighted by Gasteiger charge is -2.38. The Morgan fingerprint density at radius 1 is 1.00 bits per heavy atom. The lowest BCUT2D eigenvalue weighted by Crippen LogP contribution is -2.50. The number of hydrogen-bond acceptors (Lipinski definition) is 7. The topological polar surface area (TPSA) is 130 Å². The van der Waals surface area contributed by atoms with Crippen LogP contribution in [-0.4, -0.2) is 78.4 Å². The zero-order chi connectivity index (χ0) is 30.5. The molecule has 43 heavy (non-hydrogen) atoms. The number of aliphatic hydroxyl groups is 1. The number of aliphatic hydroxyl groups excluding tert-OH is 1. The van der Waals surface area contributed by atoms with Crippen LogP contribution in [0.2, 0.25) is 0 Å². The molecule has 2 aliphatic heterocycles. The largest absolute Gasteiger partial charge is 0.487 e. The highest BCUT2D eigenvalue weighted by Gasteiger charge is 2.34. The standard InChI is InChI=1S/C32H36N4O7/c1-20-16-36(21(2)18-37)31(39)25-14-23(33-30(38)13-22-7-5-4-6-8-22)9-11-26(25)43-29(20)17-35(3)32(40)34-24-10-12-27-28(15-24)42-19-41-27/h4-12,14-15,20-21,29,37H,13,16-19H2,1-3H3,(H,33,38)(H,34,40)/t20-,21-,29-/m1/s1. The summed E-state index contributed by atoms with van der Waals surface area (Å²) in [4.78, 5) is 42.7. The molecule has 3 N–H and O–H groups in total. The second-order valence-corrected chi connectivity index (χ2v) is 10.9. The van der Waals surface area contributed by atoms with Gasteiger partial charge in [-0.1, -0.05) is 37.3 Å². The molecule has 0 bridgehead atoms. The molecular formula is C32H36N4O7. The molecule has 0 saturated heterocycles. The summed E-state index contributed by atoms with van der Waals surface area (Å²) in [6, 6.07) is 18.7. The summed E-state index contributed by atoms with van der Waals surface area (Å²) in [5, 5.41) is 15.7. The number of urea groups is 1. The number of rotatable bonds is 8. The van der Waals surface area contributed by atoms with Crippen LogP contribution in [0.15, 0.2) is 66.7 Å². The maximum absolute atomic E-state index is 13.7. The van der Waals surface area contributed by atoms with E-state index in [0.717, 1.165) is 5.56 Å². The van der Waals surface area contributed by atoms with E-state index in [1.807, 2.05) is 37.3 Å². The number of ether oxygens (including phenoxy) is 3. The molecule has 11 nitrogen and oxygen atoms in total. The number of nitrogens with zero attached hydrogens (tertiary/aromatic N) is 2. The van der Waals surface area contributed by atoms with Gasteiger partial charge in [0, 0.05) is 37.0 Å². The van der Waals surface area contributed by atoms with Crippen LogP contribution < -0.4 is 24.8 Å². The lowest BCUT2D eigenvalue weighted by atomic mass is 9.99. The summed E-state index contributed by atoms with van der Waals surface area (Å²) in [5.41, 5.74) is 2.16. The molecule has 0 unspecified atom stereocenters. The molecule has 2 heterocycles. The van der Waals surface area contributed by atoms with Crippen molar-refractivity contribution in [2.24, 2.45) is 5.92 Å². The van der Waals surface area contributed by atoms with Gasteiger partial charge in [0.2, 0.25) is 12.7 Å². The Labute approximate surface area is 250 Å². The minimum absolute atomic E-state index is 0.140. The van der Waals surface area contributed by atoms with Crippen molar-refractivity contribution in [3.05, 3.63) is 77.9 Å². The van der Waals surface area contributed by atoms with Gasteiger partial charge < -0.3 is 39.8 Å². The van der Waals surface area contributed by atoms with Gasteiger partial charge in [0.25, 0.3) is 5.91 Å². The number of anilines is 2. The average molecular weight is 589 g/mol. The van der Waals surface area contributed by atoms with E-state index >= 15 is 0 Å². The van der Waals surface area contributed by atoms with E-state index in [1.165, 1.54) is 4.90 Å². The van der Waals surface area contributed by atoms with E-state index < -0.39 is 12.1 Å². The molecule has 4 amide bonds. The minimum atomic E-state index is -0.480. The van der Waals surface area contributed by atoms with Crippen LogP contribution in [0, 0.1) is 5.92 Å². The quantitative estimate of drug-likeness (QED) is 0.363. The molecule has 3 atom stereocenters. The van der Waals surface area contributed by atoms with Crippen LogP contribution in [-0.2, 0) is 11.2 Å². The van der Waals surface area contributed by atoms with Gasteiger partial charge in [-0.25, -0.2) is 4.79 Å². The molecule has 3 aromatic carbocycles. The van der Waals surface area contributed by atoms with Gasteiger partial charge in [0.1, 0.15) is 11.9 Å². The van der Waals surface area contributed by atoms with Crippen LogP contribution in [0.4, 0.5) is 16.2 Å². The SMILES string of the molecule is C[C@@H]1CN([C@H](C)CO)C(=O)c2cc(NC(=O)Cc3ccccc3)ccc2O[C@@H]1CN(C)C(=O)Nc1ccc2c(c1)OCO2. The molecule has 0 saturated carbocycles. The minimum Gasteiger partial charge on any atom is -0.487 e. The lowest BCUT2D eigenvalue weighted by molar-refractivity contribution is -0.115. The maximum atomic E-state index is 13.7. The summed E-state index contributed by atoms with van der Waals surface area (Å²) in [5.74, 6) is 0.811. The normalized spacial score (nSPS) is 18.0. The van der Waals surface area contributed by atoms with Gasteiger partial charge in [0.05, 0.1) is 31.2 Å². The van der Waals surface area contributed by atoms with Crippen LogP contribution in [0.1, 0.15) is 29.8 Å². The van der Waals surface area contributed by atoms with Crippen molar-refractivity contribution >= 4 is 29.2 Å². The summed E-state index contributed by atoms with van der Waals surface area (Å²) in [7, 11) is 1.67. The van der Waals surface area contributed by atoms with E-state index in [0.29, 0.717) is 35.2 Å². The molecule has 2 aliphatic rings. The predicted molar refractivity (Wildman–Crippen MR) is 161 cm³/mol. The highest BCUT2D eigenvalue weighted by Crippen LogP contribution is 2.34. The van der Waals surface area contributed by atoms with Gasteiger partial charge in [0.15, 0.2) is 11.5 Å². The van der Waals surface area contributed by atoms with Crippen molar-refractivity contribution in [3.63, 3.8) is 0 Å². The first-order valence-corrected chi connectivity index (χ1v) is 14.2. The number of carbonyl (C=O) groups is 3. The molecule has 0 radical (unpaired) electrons. The monoisotopic (exact) mass is 588 g/mol. The molecule has 0 aromatic heterocycles. The third-order valence-electron chi connectivity index (χ3n) is 7.58. The van der Waals surface area contributed by atoms with Crippen molar-refractivity contribution in [1.29, 1.82) is 0 Å². The van der Waals surface area contributed by atoms with Crippen molar-refractivity contribution in [3.8, 4) is 17.2 Å². The first-order chi connectivity index (χ1) is 20.7. The van der Waals surface area contributed by atoms with Crippen molar-refractivity contribution in [2.45, 2.75) is 32.4 Å². The molecule has 11 heteroatoms. The number of nitrogens with one attached hydrogen (secondary N) is 2. The Bertz CT molecular complexity index is 1480. The Morgan fingerprint density at radius 2 is 1.70 bits per heavy atom. The van der Waals surface area contributed by atoms with Gasteiger partial charge in [-0.15, -0.1) is 0 Å². The number of hydrogen-bond donors (Lipinski definition) is 3. The third kappa shape index (κ3) is 7.00. The van der Waals surface area contributed by atoms with E-state index in [9.17, 15) is 19.5 Å². The zero-order valence-corrected chi connectivity index (χ0v) is 24.4. The molecule has 3 aromatic rings. The number of likely N-dealkylation sites (N-methyl/N-ethyl adjacent to an activating group) is 1. The van der Waals surface area contributed by atoms with Gasteiger partial charge >= 0.3 is 6.03 Å². The summed E-state index contributed by atoms with van der Waals surface area (Å²) in [6.07, 6.45) is -0.290. The Balaban J connectivity index is 1.33. The highest BCUT2D eigenvalue weighted by molar-refractivity contribution is 6.00. The summed E-state index contributed by atoms with van der Waals surface area (Å²) < 4.78 is 17.1. The molecule has 0 spiro atoms. The Morgan fingerprint density at radius 3 is 2.44 bits per heavy atom. The number of fused-ring (bicyclic) bond motifs is 2. The van der Waals surface area contributed by atoms with Gasteiger partial charge in [-0.05, 0) is 42.8 Å². The smallest absolute Gasteiger partial charge is 0.321 e. The Kier molecular flexibility index (Phi) is 9.01. The van der Waals surface area contributed by atoms with Crippen molar-refractivity contribution in [1.82, 2.24) is 9.80 Å². The van der Waals surface area contributed by atoms with Crippen LogP contribution in [0.5, 0.6) is 17.2 Å². The molecule has 0 fully saturated rings. The fourth-order valence-electron chi connectivity index (χ4n) is 5.05. The molecule has 226 valence electrons. The average Bonchev–Trinajstić information content (AvgIpc) is 3.47. The fraction of sp³-hybridized carbons (Fsp3) is 0.344. The maximum Gasteiger partial charge on any atom is 0.321 e. The third-order valence-corrected chi connectivity index (χ3v) is 7.58. The summed E-state index contributed by atoms with van der Waals surface area (Å²) >= 11 is 0. The first kappa shape index (κ1) is 29.7. The number of carbonyl (C=O) groups excluding carboxylic acids is 3. The second kappa shape index (κ2) is 13.0. The predicted octanol–water partition coefficient (Wildman–Crippen LogP) is 3.98. The Hall–Kier alpha value is -4.77. The number of benzene rings is 3. The highest BCUT2D eigenvalue weighted by atomic mass is 16.7.